The second kappa shape index (κ2) is 7.37. The van der Waals surface area contributed by atoms with E-state index in [0.29, 0.717) is 22.5 Å². The average Bonchev–Trinajstić information content (AvgIpc) is 2.38. The van der Waals surface area contributed by atoms with Gasteiger partial charge in [-0.2, -0.15) is 0 Å². The first kappa shape index (κ1) is 18.1. The Hall–Kier alpha value is -0.933. The van der Waals surface area contributed by atoms with Crippen molar-refractivity contribution in [2.24, 2.45) is 11.0 Å². The van der Waals surface area contributed by atoms with Crippen molar-refractivity contribution >= 4 is 8.32 Å². The first-order valence-electron chi connectivity index (χ1n) is 8.19. The van der Waals surface area contributed by atoms with Crippen molar-refractivity contribution < 1.29 is 4.43 Å². The number of hydrogen-bond donors (Lipinski definition) is 0. The highest BCUT2D eigenvalue weighted by Crippen LogP contribution is 2.44. The van der Waals surface area contributed by atoms with Gasteiger partial charge in [-0.25, -0.2) is 0 Å². The molecule has 0 spiro atoms. The molecule has 1 rings (SSSR count). The van der Waals surface area contributed by atoms with Crippen LogP contribution in [0.3, 0.4) is 0 Å². The minimum Gasteiger partial charge on any atom is -0.546 e. The van der Waals surface area contributed by atoms with Gasteiger partial charge in [-0.3, -0.25) is 0 Å². The average molecular weight is 310 g/mol. The Morgan fingerprint density at radius 3 is 2.14 bits per heavy atom. The third-order valence-electron chi connectivity index (χ3n) is 4.99. The van der Waals surface area contributed by atoms with Gasteiger partial charge in [-0.1, -0.05) is 53.6 Å². The standard InChI is InChI=1S/C16H31N3OSi/c1-11(2)21(12(3)4,13(5)6)20-15-9-8-14(7)16(10-15)18-19-17/h10-14,16H,8-9H2,1-7H3/t14-,16+/m1/s1. The minimum absolute atomic E-state index is 0.0584. The Bertz CT molecular complexity index is 403. The van der Waals surface area contributed by atoms with Crippen molar-refractivity contribution in [1.82, 2.24) is 0 Å². The lowest BCUT2D eigenvalue weighted by atomic mass is 9.91. The van der Waals surface area contributed by atoms with Gasteiger partial charge in [-0.15, -0.1) is 0 Å². The summed E-state index contributed by atoms with van der Waals surface area (Å²) in [6, 6.07) is -0.0584. The van der Waals surface area contributed by atoms with Crippen LogP contribution in [0.25, 0.3) is 10.4 Å². The number of hydrogen-bond acceptors (Lipinski definition) is 2. The quantitative estimate of drug-likeness (QED) is 0.250. The van der Waals surface area contributed by atoms with Gasteiger partial charge in [0.1, 0.15) is 0 Å². The molecule has 0 aromatic heterocycles. The lowest BCUT2D eigenvalue weighted by molar-refractivity contribution is 0.313. The molecule has 0 fully saturated rings. The van der Waals surface area contributed by atoms with Crippen LogP contribution in [-0.2, 0) is 4.43 Å². The molecule has 2 atom stereocenters. The van der Waals surface area contributed by atoms with Crippen LogP contribution in [0.15, 0.2) is 16.9 Å². The predicted octanol–water partition coefficient (Wildman–Crippen LogP) is 6.17. The second-order valence-electron chi connectivity index (χ2n) is 7.26. The Kier molecular flexibility index (Phi) is 6.35. The summed E-state index contributed by atoms with van der Waals surface area (Å²) in [5.41, 5.74) is 10.4. The first-order valence-corrected chi connectivity index (χ1v) is 10.3. The molecule has 1 aliphatic rings. The second-order valence-corrected chi connectivity index (χ2v) is 12.6. The largest absolute Gasteiger partial charge is 0.546 e. The highest BCUT2D eigenvalue weighted by Gasteiger charge is 2.47. The molecule has 0 aliphatic heterocycles. The van der Waals surface area contributed by atoms with Crippen LogP contribution in [0.4, 0.5) is 0 Å². The smallest absolute Gasteiger partial charge is 0.258 e. The molecule has 0 amide bonds. The molecule has 4 nitrogen and oxygen atoms in total. The number of azide groups is 1. The van der Waals surface area contributed by atoms with E-state index in [1.165, 1.54) is 0 Å². The molecule has 0 bridgehead atoms. The summed E-state index contributed by atoms with van der Waals surface area (Å²) in [6.45, 7) is 15.9. The predicted molar refractivity (Wildman–Crippen MR) is 91.5 cm³/mol. The van der Waals surface area contributed by atoms with Gasteiger partial charge in [0.15, 0.2) is 0 Å². The zero-order chi connectivity index (χ0) is 16.2. The molecule has 0 aromatic carbocycles. The third kappa shape index (κ3) is 3.83. The third-order valence-corrected chi connectivity index (χ3v) is 11.0. The van der Waals surface area contributed by atoms with Crippen molar-refractivity contribution in [2.45, 2.75) is 84.0 Å². The SMILES string of the molecule is CC(C)[Si](OC1=C[C@H](N=[N+]=[N-])[C@H](C)CC1)(C(C)C)C(C)C. The number of allylic oxidation sites excluding steroid dienone is 1. The maximum Gasteiger partial charge on any atom is 0.258 e. The van der Waals surface area contributed by atoms with Gasteiger partial charge in [-0.05, 0) is 40.6 Å². The van der Waals surface area contributed by atoms with E-state index in [4.69, 9.17) is 9.96 Å². The van der Waals surface area contributed by atoms with Crippen molar-refractivity contribution in [3.8, 4) is 0 Å². The molecule has 5 heteroatoms. The van der Waals surface area contributed by atoms with Crippen LogP contribution in [0.1, 0.15) is 61.3 Å². The summed E-state index contributed by atoms with van der Waals surface area (Å²) in [5.74, 6) is 1.47. The molecular formula is C16H31N3OSi. The van der Waals surface area contributed by atoms with Crippen LogP contribution < -0.4 is 0 Å². The Balaban J connectivity index is 3.09. The van der Waals surface area contributed by atoms with Gasteiger partial charge in [0.2, 0.25) is 0 Å². The summed E-state index contributed by atoms with van der Waals surface area (Å²) in [4.78, 5) is 2.98. The van der Waals surface area contributed by atoms with Crippen LogP contribution in [0, 0.1) is 5.92 Å². The summed E-state index contributed by atoms with van der Waals surface area (Å²) >= 11 is 0. The van der Waals surface area contributed by atoms with Crippen molar-refractivity contribution in [3.63, 3.8) is 0 Å². The molecule has 0 unspecified atom stereocenters. The van der Waals surface area contributed by atoms with E-state index in [1.54, 1.807) is 0 Å². The van der Waals surface area contributed by atoms with E-state index >= 15 is 0 Å². The number of nitrogens with zero attached hydrogens (tertiary/aromatic N) is 3. The van der Waals surface area contributed by atoms with E-state index in [-0.39, 0.29) is 6.04 Å². The molecule has 0 aromatic rings. The lowest BCUT2D eigenvalue weighted by Gasteiger charge is -2.44. The maximum atomic E-state index is 8.72. The lowest BCUT2D eigenvalue weighted by Crippen LogP contribution is -2.47. The van der Waals surface area contributed by atoms with Crippen LogP contribution in [0.2, 0.25) is 16.6 Å². The minimum atomic E-state index is -1.89. The highest BCUT2D eigenvalue weighted by molar-refractivity contribution is 6.77. The Morgan fingerprint density at radius 2 is 1.71 bits per heavy atom. The fourth-order valence-electron chi connectivity index (χ4n) is 3.85. The molecule has 0 saturated heterocycles. The monoisotopic (exact) mass is 309 g/mol. The van der Waals surface area contributed by atoms with E-state index < -0.39 is 8.32 Å². The highest BCUT2D eigenvalue weighted by atomic mass is 28.4. The molecule has 1 aliphatic carbocycles. The normalized spacial score (nSPS) is 23.2. The fourth-order valence-corrected chi connectivity index (χ4v) is 9.18. The summed E-state index contributed by atoms with van der Waals surface area (Å²) in [7, 11) is -1.89. The molecule has 120 valence electrons. The maximum absolute atomic E-state index is 8.72. The van der Waals surface area contributed by atoms with E-state index in [1.807, 2.05) is 0 Å². The van der Waals surface area contributed by atoms with Gasteiger partial charge < -0.3 is 4.43 Å². The van der Waals surface area contributed by atoms with E-state index in [0.717, 1.165) is 18.6 Å². The first-order chi connectivity index (χ1) is 9.75. The van der Waals surface area contributed by atoms with Crippen LogP contribution in [0.5, 0.6) is 0 Å². The molecule has 0 saturated carbocycles. The van der Waals surface area contributed by atoms with Crippen LogP contribution >= 0.6 is 0 Å². The summed E-state index contributed by atoms with van der Waals surface area (Å²) in [6.07, 6.45) is 4.08. The molecule has 0 radical (unpaired) electrons. The molecule has 21 heavy (non-hydrogen) atoms. The van der Waals surface area contributed by atoms with Gasteiger partial charge in [0.05, 0.1) is 11.8 Å². The van der Waals surface area contributed by atoms with E-state index in [9.17, 15) is 0 Å². The van der Waals surface area contributed by atoms with Crippen LogP contribution in [-0.4, -0.2) is 14.4 Å². The topological polar surface area (TPSA) is 58.0 Å². The van der Waals surface area contributed by atoms with Crippen molar-refractivity contribution in [1.29, 1.82) is 0 Å². The molecule has 0 heterocycles. The van der Waals surface area contributed by atoms with Gasteiger partial charge in [0, 0.05) is 11.3 Å². The summed E-state index contributed by atoms with van der Waals surface area (Å²) < 4.78 is 6.70. The molecular weight excluding hydrogens is 278 g/mol. The summed E-state index contributed by atoms with van der Waals surface area (Å²) in [5, 5.41) is 3.92. The number of rotatable bonds is 6. The fraction of sp³-hybridized carbons (Fsp3) is 0.875. The zero-order valence-corrected chi connectivity index (χ0v) is 15.6. The van der Waals surface area contributed by atoms with Crippen molar-refractivity contribution in [2.75, 3.05) is 0 Å². The molecule has 0 N–H and O–H groups in total. The van der Waals surface area contributed by atoms with Gasteiger partial charge in [0.25, 0.3) is 8.32 Å². The van der Waals surface area contributed by atoms with Crippen molar-refractivity contribution in [3.05, 3.63) is 22.3 Å². The Morgan fingerprint density at radius 1 is 1.19 bits per heavy atom. The Labute approximate surface area is 130 Å². The van der Waals surface area contributed by atoms with E-state index in [2.05, 4.69) is 64.6 Å². The van der Waals surface area contributed by atoms with Gasteiger partial charge >= 0.3 is 0 Å². The zero-order valence-electron chi connectivity index (χ0n) is 14.6.